The summed E-state index contributed by atoms with van der Waals surface area (Å²) in [5, 5.41) is 8.52. The quantitative estimate of drug-likeness (QED) is 0.112. The normalized spacial score (nSPS) is 10.8. The van der Waals surface area contributed by atoms with Crippen LogP contribution in [0.1, 0.15) is 15.9 Å². The van der Waals surface area contributed by atoms with Crippen LogP contribution in [0.3, 0.4) is 0 Å². The highest BCUT2D eigenvalue weighted by Gasteiger charge is 2.15. The molecule has 9 heteroatoms. The molecule has 2 N–H and O–H groups in total. The maximum Gasteiger partial charge on any atom is 0.343 e. The number of ether oxygens (including phenoxy) is 1. The summed E-state index contributed by atoms with van der Waals surface area (Å²) in [6, 6.07) is 23.9. The van der Waals surface area contributed by atoms with Crippen molar-refractivity contribution in [2.45, 2.75) is 0 Å². The van der Waals surface area contributed by atoms with Gasteiger partial charge < -0.3 is 10.1 Å². The Morgan fingerprint density at radius 2 is 1.57 bits per heavy atom. The zero-order valence-electron chi connectivity index (χ0n) is 18.0. The maximum atomic E-state index is 12.6. The Morgan fingerprint density at radius 3 is 2.31 bits per heavy atom. The Morgan fingerprint density at radius 1 is 0.857 bits per heavy atom. The highest BCUT2D eigenvalue weighted by atomic mass is 79.9. The lowest BCUT2D eigenvalue weighted by molar-refractivity contribution is -0.136. The molecule has 4 rings (SSSR count). The molecule has 2 amide bonds. The number of benzene rings is 4. The van der Waals surface area contributed by atoms with Crippen molar-refractivity contribution in [3.8, 4) is 5.75 Å². The van der Waals surface area contributed by atoms with Crippen LogP contribution in [0, 0.1) is 0 Å². The first kappa shape index (κ1) is 24.1. The van der Waals surface area contributed by atoms with Crippen LogP contribution < -0.4 is 15.5 Å². The average Bonchev–Trinajstić information content (AvgIpc) is 2.86. The number of amides is 2. The van der Waals surface area contributed by atoms with Gasteiger partial charge in [-0.3, -0.25) is 9.59 Å². The molecule has 35 heavy (non-hydrogen) atoms. The number of hydrogen-bond donors (Lipinski definition) is 2. The van der Waals surface area contributed by atoms with Crippen molar-refractivity contribution in [1.29, 1.82) is 0 Å². The number of anilines is 1. The molecular formula is C26H17BrClN3O4. The first-order valence-corrected chi connectivity index (χ1v) is 11.5. The molecular weight excluding hydrogens is 534 g/mol. The molecule has 0 aliphatic carbocycles. The average molecular weight is 551 g/mol. The second-order valence-electron chi connectivity index (χ2n) is 7.26. The van der Waals surface area contributed by atoms with Crippen molar-refractivity contribution in [2.75, 3.05) is 5.32 Å². The van der Waals surface area contributed by atoms with E-state index in [0.29, 0.717) is 21.8 Å². The van der Waals surface area contributed by atoms with Crippen LogP contribution in [0.2, 0.25) is 5.02 Å². The van der Waals surface area contributed by atoms with E-state index in [9.17, 15) is 14.4 Å². The smallest absolute Gasteiger partial charge is 0.343 e. The number of halogens is 2. The van der Waals surface area contributed by atoms with Crippen molar-refractivity contribution in [3.63, 3.8) is 0 Å². The number of nitrogens with zero attached hydrogens (tertiary/aromatic N) is 1. The predicted molar refractivity (Wildman–Crippen MR) is 139 cm³/mol. The van der Waals surface area contributed by atoms with Crippen LogP contribution in [0.4, 0.5) is 5.69 Å². The Balaban J connectivity index is 1.53. The van der Waals surface area contributed by atoms with Gasteiger partial charge in [0.15, 0.2) is 0 Å². The molecule has 0 spiro atoms. The van der Waals surface area contributed by atoms with Crippen LogP contribution in [-0.2, 0) is 9.59 Å². The van der Waals surface area contributed by atoms with E-state index in [1.807, 2.05) is 24.3 Å². The van der Waals surface area contributed by atoms with Crippen molar-refractivity contribution >= 4 is 68.0 Å². The van der Waals surface area contributed by atoms with Gasteiger partial charge in [-0.25, -0.2) is 10.2 Å². The van der Waals surface area contributed by atoms with E-state index in [-0.39, 0.29) is 5.75 Å². The largest absolute Gasteiger partial charge is 0.422 e. The summed E-state index contributed by atoms with van der Waals surface area (Å²) < 4.78 is 6.44. The number of hydrazone groups is 1. The number of carbonyl (C=O) groups excluding carboxylic acids is 3. The Hall–Kier alpha value is -4.01. The lowest BCUT2D eigenvalue weighted by atomic mass is 10.0. The summed E-state index contributed by atoms with van der Waals surface area (Å²) in [4.78, 5) is 37.0. The van der Waals surface area contributed by atoms with E-state index in [4.69, 9.17) is 16.3 Å². The van der Waals surface area contributed by atoms with Gasteiger partial charge in [0.1, 0.15) is 5.75 Å². The summed E-state index contributed by atoms with van der Waals surface area (Å²) in [7, 11) is 0. The van der Waals surface area contributed by atoms with E-state index in [1.54, 1.807) is 60.7 Å². The molecule has 4 aromatic rings. The van der Waals surface area contributed by atoms with Gasteiger partial charge in [-0.05, 0) is 65.4 Å². The SMILES string of the molecule is O=C(N/N=C/c1c(OC(=O)c2ccc(Cl)cc2)ccc2ccccc12)C(=O)Nc1ccc(Br)cc1. The molecule has 0 saturated heterocycles. The molecule has 0 aromatic heterocycles. The topological polar surface area (TPSA) is 96.9 Å². The molecule has 0 atom stereocenters. The number of fused-ring (bicyclic) bond motifs is 1. The fraction of sp³-hybridized carbons (Fsp3) is 0. The molecule has 174 valence electrons. The number of nitrogens with one attached hydrogen (secondary N) is 2. The monoisotopic (exact) mass is 549 g/mol. The van der Waals surface area contributed by atoms with E-state index < -0.39 is 17.8 Å². The van der Waals surface area contributed by atoms with E-state index >= 15 is 0 Å². The summed E-state index contributed by atoms with van der Waals surface area (Å²) >= 11 is 9.19. The predicted octanol–water partition coefficient (Wildman–Crippen LogP) is 5.56. The fourth-order valence-corrected chi connectivity index (χ4v) is 3.56. The third-order valence-corrected chi connectivity index (χ3v) is 5.66. The first-order valence-electron chi connectivity index (χ1n) is 10.3. The van der Waals surface area contributed by atoms with Gasteiger partial charge in [-0.15, -0.1) is 0 Å². The molecule has 0 aliphatic heterocycles. The minimum absolute atomic E-state index is 0.237. The summed E-state index contributed by atoms with van der Waals surface area (Å²) in [6.07, 6.45) is 1.33. The standard InChI is InChI=1S/C26H17BrClN3O4/c27-18-8-12-20(13-9-18)30-24(32)25(33)31-29-15-22-21-4-2-1-3-16(21)7-14-23(22)35-26(34)17-5-10-19(28)11-6-17/h1-15H,(H,30,32)(H,31,33)/b29-15+. The number of esters is 1. The van der Waals surface area contributed by atoms with Crippen LogP contribution in [0.5, 0.6) is 5.75 Å². The van der Waals surface area contributed by atoms with Crippen LogP contribution in [-0.4, -0.2) is 24.0 Å². The molecule has 4 aromatic carbocycles. The number of hydrogen-bond acceptors (Lipinski definition) is 5. The first-order chi connectivity index (χ1) is 16.9. The molecule has 0 aliphatic rings. The van der Waals surface area contributed by atoms with Gasteiger partial charge in [0.25, 0.3) is 0 Å². The van der Waals surface area contributed by atoms with Crippen molar-refractivity contribution in [3.05, 3.63) is 106 Å². The molecule has 0 bridgehead atoms. The van der Waals surface area contributed by atoms with Gasteiger partial charge in [-0.1, -0.05) is 57.9 Å². The highest BCUT2D eigenvalue weighted by molar-refractivity contribution is 9.10. The minimum atomic E-state index is -0.955. The Bertz CT molecular complexity index is 1440. The third kappa shape index (κ3) is 6.11. The van der Waals surface area contributed by atoms with E-state index in [2.05, 4.69) is 31.8 Å². The second kappa shape index (κ2) is 10.9. The molecule has 7 nitrogen and oxygen atoms in total. The molecule has 0 radical (unpaired) electrons. The van der Waals surface area contributed by atoms with Crippen molar-refractivity contribution in [2.24, 2.45) is 5.10 Å². The molecule has 0 fully saturated rings. The van der Waals surface area contributed by atoms with Crippen LogP contribution >= 0.6 is 27.5 Å². The highest BCUT2D eigenvalue weighted by Crippen LogP contribution is 2.27. The lowest BCUT2D eigenvalue weighted by Gasteiger charge is -2.10. The van der Waals surface area contributed by atoms with Crippen molar-refractivity contribution < 1.29 is 19.1 Å². The Labute approximate surface area is 213 Å². The summed E-state index contributed by atoms with van der Waals surface area (Å²) in [6.45, 7) is 0. The maximum absolute atomic E-state index is 12.6. The number of carbonyl (C=O) groups is 3. The van der Waals surface area contributed by atoms with Gasteiger partial charge in [0.05, 0.1) is 11.8 Å². The van der Waals surface area contributed by atoms with Gasteiger partial charge >= 0.3 is 17.8 Å². The second-order valence-corrected chi connectivity index (χ2v) is 8.61. The Kier molecular flexibility index (Phi) is 7.54. The minimum Gasteiger partial charge on any atom is -0.422 e. The summed E-state index contributed by atoms with van der Waals surface area (Å²) in [5.41, 5.74) is 3.44. The van der Waals surface area contributed by atoms with Crippen LogP contribution in [0.25, 0.3) is 10.8 Å². The van der Waals surface area contributed by atoms with Crippen LogP contribution in [0.15, 0.2) is 94.5 Å². The molecule has 0 unspecified atom stereocenters. The van der Waals surface area contributed by atoms with Gasteiger partial charge in [-0.2, -0.15) is 5.10 Å². The van der Waals surface area contributed by atoms with E-state index in [0.717, 1.165) is 15.2 Å². The van der Waals surface area contributed by atoms with Gasteiger partial charge in [0, 0.05) is 20.7 Å². The zero-order chi connectivity index (χ0) is 24.8. The number of rotatable bonds is 5. The van der Waals surface area contributed by atoms with Crippen molar-refractivity contribution in [1.82, 2.24) is 5.43 Å². The van der Waals surface area contributed by atoms with E-state index in [1.165, 1.54) is 6.21 Å². The third-order valence-electron chi connectivity index (χ3n) is 4.88. The molecule has 0 heterocycles. The zero-order valence-corrected chi connectivity index (χ0v) is 20.3. The lowest BCUT2D eigenvalue weighted by Crippen LogP contribution is -2.32. The van der Waals surface area contributed by atoms with Gasteiger partial charge in [0.2, 0.25) is 0 Å². The fourth-order valence-electron chi connectivity index (χ4n) is 3.17. The summed E-state index contributed by atoms with van der Waals surface area (Å²) in [5.74, 6) is -2.17. The molecule has 0 saturated carbocycles.